The second-order valence-electron chi connectivity index (χ2n) is 7.62. The number of rotatable bonds is 7. The van der Waals surface area contributed by atoms with Gasteiger partial charge in [-0.25, -0.2) is 0 Å². The van der Waals surface area contributed by atoms with Crippen LogP contribution in [0, 0.1) is 5.92 Å². The number of nitrogens with zero attached hydrogens (tertiary/aromatic N) is 2. The summed E-state index contributed by atoms with van der Waals surface area (Å²) >= 11 is 6.06. The maximum Gasteiger partial charge on any atom is 0.226 e. The second-order valence-corrected chi connectivity index (χ2v) is 8.05. The van der Waals surface area contributed by atoms with Gasteiger partial charge in [-0.1, -0.05) is 36.7 Å². The fourth-order valence-corrected chi connectivity index (χ4v) is 4.54. The number of hydrogen-bond acceptors (Lipinski definition) is 2. The fraction of sp³-hybridized carbons (Fsp3) is 0.545. The molecule has 2 aliphatic heterocycles. The van der Waals surface area contributed by atoms with Crippen molar-refractivity contribution in [3.8, 4) is 0 Å². The Kier molecular flexibility index (Phi) is 6.59. The molecule has 0 aromatic heterocycles. The lowest BCUT2D eigenvalue weighted by atomic mass is 9.85. The van der Waals surface area contributed by atoms with Crippen molar-refractivity contribution in [1.82, 2.24) is 9.80 Å². The van der Waals surface area contributed by atoms with Gasteiger partial charge in [0.1, 0.15) is 0 Å². The lowest BCUT2D eigenvalue weighted by Gasteiger charge is -2.45. The van der Waals surface area contributed by atoms with Crippen molar-refractivity contribution in [2.24, 2.45) is 5.92 Å². The van der Waals surface area contributed by atoms with Crippen molar-refractivity contribution in [3.05, 3.63) is 47.5 Å². The summed E-state index contributed by atoms with van der Waals surface area (Å²) in [6, 6.07) is 7.90. The zero-order valence-corrected chi connectivity index (χ0v) is 16.8. The van der Waals surface area contributed by atoms with E-state index in [2.05, 4.69) is 18.4 Å². The molecular formula is C22H29ClN2O2. The first kappa shape index (κ1) is 19.9. The Bertz CT molecular complexity index is 688. The van der Waals surface area contributed by atoms with E-state index in [-0.39, 0.29) is 29.8 Å². The predicted molar refractivity (Wildman–Crippen MR) is 108 cm³/mol. The van der Waals surface area contributed by atoms with E-state index in [1.165, 1.54) is 0 Å². The molecule has 4 nitrogen and oxygen atoms in total. The van der Waals surface area contributed by atoms with E-state index in [0.29, 0.717) is 24.4 Å². The highest BCUT2D eigenvalue weighted by molar-refractivity contribution is 6.30. The largest absolute Gasteiger partial charge is 0.341 e. The van der Waals surface area contributed by atoms with Crippen LogP contribution in [0.4, 0.5) is 0 Å². The average Bonchev–Trinajstić information content (AvgIpc) is 3.07. The maximum atomic E-state index is 13.4. The number of amides is 2. The van der Waals surface area contributed by atoms with Crippen molar-refractivity contribution in [1.29, 1.82) is 0 Å². The molecule has 0 bridgehead atoms. The van der Waals surface area contributed by atoms with Crippen LogP contribution in [0.5, 0.6) is 0 Å². The number of benzene rings is 1. The monoisotopic (exact) mass is 388 g/mol. The summed E-state index contributed by atoms with van der Waals surface area (Å²) in [6.45, 7) is 7.36. The highest BCUT2D eigenvalue weighted by Gasteiger charge is 2.40. The summed E-state index contributed by atoms with van der Waals surface area (Å²) in [5.41, 5.74) is 1.12. The molecule has 0 saturated carbocycles. The van der Waals surface area contributed by atoms with Gasteiger partial charge in [0, 0.05) is 36.5 Å². The summed E-state index contributed by atoms with van der Waals surface area (Å²) in [6.07, 6.45) is 6.73. The summed E-state index contributed by atoms with van der Waals surface area (Å²) in [5, 5.41) is 0.701. The zero-order valence-electron chi connectivity index (χ0n) is 16.1. The first-order chi connectivity index (χ1) is 13.0. The molecule has 3 atom stereocenters. The van der Waals surface area contributed by atoms with Gasteiger partial charge in [0.2, 0.25) is 11.8 Å². The standard InChI is InChI=1S/C22H29ClN2O2/c1-3-6-17-10-13-20(16-8-11-18(23)12-9-16)25(22(17)27)19(4-2)15-24-14-5-7-21(24)26/h3,8-9,11-12,17,19-20H,1,4-7,10,13-15H2,2H3/t17?,19-,20?/m0/s1. The SMILES string of the molecule is C=CCC1CCC(c2ccc(Cl)cc2)N([C@@H](CC)CN2CCCC2=O)C1=O. The molecular weight excluding hydrogens is 360 g/mol. The molecule has 146 valence electrons. The van der Waals surface area contributed by atoms with Crippen LogP contribution in [0.1, 0.15) is 57.1 Å². The Morgan fingerprint density at radius 2 is 2.00 bits per heavy atom. The lowest BCUT2D eigenvalue weighted by molar-refractivity contribution is -0.147. The number of allylic oxidation sites excluding steroid dienone is 1. The Balaban J connectivity index is 1.88. The van der Waals surface area contributed by atoms with Crippen LogP contribution in [-0.2, 0) is 9.59 Å². The van der Waals surface area contributed by atoms with Gasteiger partial charge >= 0.3 is 0 Å². The Hall–Kier alpha value is -1.81. The van der Waals surface area contributed by atoms with Gasteiger partial charge in [-0.3, -0.25) is 9.59 Å². The van der Waals surface area contributed by atoms with E-state index in [0.717, 1.165) is 37.8 Å². The van der Waals surface area contributed by atoms with Crippen LogP contribution in [0.3, 0.4) is 0 Å². The summed E-state index contributed by atoms with van der Waals surface area (Å²) in [5.74, 6) is 0.401. The molecule has 27 heavy (non-hydrogen) atoms. The summed E-state index contributed by atoms with van der Waals surface area (Å²) < 4.78 is 0. The molecule has 2 unspecified atom stereocenters. The highest BCUT2D eigenvalue weighted by Crippen LogP contribution is 2.38. The molecule has 2 saturated heterocycles. The number of carbonyl (C=O) groups excluding carboxylic acids is 2. The molecule has 2 amide bonds. The average molecular weight is 389 g/mol. The van der Waals surface area contributed by atoms with E-state index in [1.807, 2.05) is 35.2 Å². The van der Waals surface area contributed by atoms with Gasteiger partial charge in [0.25, 0.3) is 0 Å². The van der Waals surface area contributed by atoms with Crippen LogP contribution in [0.15, 0.2) is 36.9 Å². The van der Waals surface area contributed by atoms with E-state index in [1.54, 1.807) is 0 Å². The van der Waals surface area contributed by atoms with E-state index < -0.39 is 0 Å². The Morgan fingerprint density at radius 3 is 2.59 bits per heavy atom. The predicted octanol–water partition coefficient (Wildman–Crippen LogP) is 4.60. The van der Waals surface area contributed by atoms with E-state index >= 15 is 0 Å². The molecule has 0 N–H and O–H groups in total. The maximum absolute atomic E-state index is 13.4. The fourth-order valence-electron chi connectivity index (χ4n) is 4.42. The molecule has 5 heteroatoms. The van der Waals surface area contributed by atoms with E-state index in [9.17, 15) is 9.59 Å². The van der Waals surface area contributed by atoms with Gasteiger partial charge in [-0.15, -0.1) is 6.58 Å². The molecule has 2 fully saturated rings. The number of likely N-dealkylation sites (tertiary alicyclic amines) is 2. The third-order valence-corrected chi connectivity index (χ3v) is 6.15. The second kappa shape index (κ2) is 8.92. The number of carbonyl (C=O) groups is 2. The molecule has 0 aliphatic carbocycles. The van der Waals surface area contributed by atoms with E-state index in [4.69, 9.17) is 11.6 Å². The summed E-state index contributed by atoms with van der Waals surface area (Å²) in [7, 11) is 0. The molecule has 0 radical (unpaired) electrons. The van der Waals surface area contributed by atoms with Gasteiger partial charge in [-0.2, -0.15) is 0 Å². The van der Waals surface area contributed by atoms with Crippen molar-refractivity contribution in [3.63, 3.8) is 0 Å². The molecule has 3 rings (SSSR count). The quantitative estimate of drug-likeness (QED) is 0.640. The molecule has 1 aromatic rings. The van der Waals surface area contributed by atoms with Gasteiger partial charge in [0.05, 0.1) is 6.04 Å². The first-order valence-corrected chi connectivity index (χ1v) is 10.4. The van der Waals surface area contributed by atoms with Crippen molar-refractivity contribution >= 4 is 23.4 Å². The molecule has 0 spiro atoms. The topological polar surface area (TPSA) is 40.6 Å². The van der Waals surface area contributed by atoms with Gasteiger partial charge in [0.15, 0.2) is 0 Å². The minimum absolute atomic E-state index is 0.00520. The van der Waals surface area contributed by atoms with Crippen molar-refractivity contribution < 1.29 is 9.59 Å². The highest BCUT2D eigenvalue weighted by atomic mass is 35.5. The van der Waals surface area contributed by atoms with Crippen LogP contribution in [-0.4, -0.2) is 40.7 Å². The normalized spacial score (nSPS) is 24.4. The smallest absolute Gasteiger partial charge is 0.226 e. The van der Waals surface area contributed by atoms with Crippen LogP contribution < -0.4 is 0 Å². The minimum Gasteiger partial charge on any atom is -0.341 e. The number of piperidine rings is 1. The van der Waals surface area contributed by atoms with Gasteiger partial charge < -0.3 is 9.80 Å². The third kappa shape index (κ3) is 4.37. The van der Waals surface area contributed by atoms with Crippen LogP contribution >= 0.6 is 11.6 Å². The summed E-state index contributed by atoms with van der Waals surface area (Å²) in [4.78, 5) is 29.5. The molecule has 2 aliphatic rings. The number of halogens is 1. The van der Waals surface area contributed by atoms with Crippen molar-refractivity contribution in [2.75, 3.05) is 13.1 Å². The molecule has 2 heterocycles. The van der Waals surface area contributed by atoms with Gasteiger partial charge in [-0.05, 0) is 49.8 Å². The van der Waals surface area contributed by atoms with Crippen LogP contribution in [0.2, 0.25) is 5.02 Å². The Morgan fingerprint density at radius 1 is 1.26 bits per heavy atom. The first-order valence-electron chi connectivity index (χ1n) is 10.0. The lowest BCUT2D eigenvalue weighted by Crippen LogP contribution is -2.52. The molecule has 1 aromatic carbocycles. The zero-order chi connectivity index (χ0) is 19.4. The van der Waals surface area contributed by atoms with Crippen molar-refractivity contribution in [2.45, 2.75) is 57.5 Å². The Labute approximate surface area is 167 Å². The third-order valence-electron chi connectivity index (χ3n) is 5.90. The minimum atomic E-state index is -0.00520. The van der Waals surface area contributed by atoms with Crippen LogP contribution in [0.25, 0.3) is 0 Å². The number of hydrogen-bond donors (Lipinski definition) is 0.